The maximum Gasteiger partial charge on any atom is 0.412 e. The first-order valence-corrected chi connectivity index (χ1v) is 3.60. The Hall–Kier alpha value is -1.71. The molecule has 0 radical (unpaired) electrons. The molecule has 0 aromatic carbocycles. The molecule has 0 saturated heterocycles. The molecule has 1 aliphatic heterocycles. The first kappa shape index (κ1) is 6.97. The largest absolute Gasteiger partial charge is 0.465 e. The fourth-order valence-electron chi connectivity index (χ4n) is 1.21. The van der Waals surface area contributed by atoms with E-state index in [0.29, 0.717) is 6.67 Å². The molecule has 2 rings (SSSR count). The van der Waals surface area contributed by atoms with Crippen molar-refractivity contribution in [1.29, 1.82) is 0 Å². The van der Waals surface area contributed by atoms with E-state index in [-0.39, 0.29) is 0 Å². The Balaban J connectivity index is 2.30. The number of amides is 1. The highest BCUT2D eigenvalue weighted by Gasteiger charge is 2.13. The minimum absolute atomic E-state index is 0.383. The lowest BCUT2D eigenvalue weighted by atomic mass is 10.4. The van der Waals surface area contributed by atoms with E-state index < -0.39 is 6.09 Å². The van der Waals surface area contributed by atoms with Gasteiger partial charge >= 0.3 is 6.09 Å². The summed E-state index contributed by atoms with van der Waals surface area (Å²) in [6.07, 6.45) is 4.27. The summed E-state index contributed by atoms with van der Waals surface area (Å²) in [5, 5.41) is 8.66. The first-order valence-electron chi connectivity index (χ1n) is 3.60. The van der Waals surface area contributed by atoms with Gasteiger partial charge < -0.3 is 9.67 Å². The fourth-order valence-corrected chi connectivity index (χ4v) is 1.21. The molecule has 1 amide bonds. The number of aromatic nitrogens is 1. The van der Waals surface area contributed by atoms with Crippen molar-refractivity contribution in [3.8, 4) is 0 Å². The van der Waals surface area contributed by atoms with Crippen molar-refractivity contribution in [1.82, 2.24) is 9.47 Å². The molecule has 1 aromatic heterocycles. The lowest BCUT2D eigenvalue weighted by Crippen LogP contribution is -2.28. The van der Waals surface area contributed by atoms with Gasteiger partial charge in [-0.15, -0.1) is 0 Å². The molecule has 1 N–H and O–H groups in total. The van der Waals surface area contributed by atoms with Crippen LogP contribution in [0.3, 0.4) is 0 Å². The van der Waals surface area contributed by atoms with Gasteiger partial charge in [-0.3, -0.25) is 4.90 Å². The van der Waals surface area contributed by atoms with Crippen LogP contribution in [0.2, 0.25) is 0 Å². The van der Waals surface area contributed by atoms with Crippen LogP contribution in [0.1, 0.15) is 5.69 Å². The summed E-state index contributed by atoms with van der Waals surface area (Å²) >= 11 is 0. The zero-order valence-corrected chi connectivity index (χ0v) is 6.34. The highest BCUT2D eigenvalue weighted by atomic mass is 16.4. The number of carbonyl (C=O) groups is 1. The third kappa shape index (κ3) is 0.972. The lowest BCUT2D eigenvalue weighted by molar-refractivity contribution is 0.152. The molecule has 4 heteroatoms. The maximum absolute atomic E-state index is 10.5. The van der Waals surface area contributed by atoms with Gasteiger partial charge in [0.15, 0.2) is 0 Å². The Bertz CT molecular complexity index is 341. The van der Waals surface area contributed by atoms with Crippen molar-refractivity contribution in [2.24, 2.45) is 0 Å². The highest BCUT2D eigenvalue weighted by molar-refractivity contribution is 5.68. The van der Waals surface area contributed by atoms with Crippen molar-refractivity contribution in [3.63, 3.8) is 0 Å². The van der Waals surface area contributed by atoms with Gasteiger partial charge in [-0.2, -0.15) is 0 Å². The monoisotopic (exact) mass is 164 g/mol. The van der Waals surface area contributed by atoms with Crippen molar-refractivity contribution < 1.29 is 9.90 Å². The molecule has 0 spiro atoms. The standard InChI is InChI=1S/C8H8N2O2/c11-8(12)10-5-3-7-2-1-4-9(7)6-10/h1-5H,6H2,(H,11,12). The predicted octanol–water partition coefficient (Wildman–Crippen LogP) is 1.41. The molecule has 1 aliphatic rings. The van der Waals surface area contributed by atoms with Crippen LogP contribution in [0.15, 0.2) is 24.5 Å². The Morgan fingerprint density at radius 3 is 3.17 bits per heavy atom. The molecule has 0 unspecified atom stereocenters. The summed E-state index contributed by atoms with van der Waals surface area (Å²) in [6, 6.07) is 3.83. The van der Waals surface area contributed by atoms with Gasteiger partial charge in [-0.25, -0.2) is 4.79 Å². The first-order chi connectivity index (χ1) is 5.77. The quantitative estimate of drug-likeness (QED) is 0.630. The molecule has 2 heterocycles. The maximum atomic E-state index is 10.5. The van der Waals surface area contributed by atoms with E-state index in [4.69, 9.17) is 5.11 Å². The third-order valence-electron chi connectivity index (χ3n) is 1.84. The number of nitrogens with zero attached hydrogens (tertiary/aromatic N) is 2. The van der Waals surface area contributed by atoms with Crippen molar-refractivity contribution in [3.05, 3.63) is 30.2 Å². The fraction of sp³-hybridized carbons (Fsp3) is 0.125. The average molecular weight is 164 g/mol. The number of carboxylic acid groups (broad SMARTS) is 1. The van der Waals surface area contributed by atoms with Crippen LogP contribution in [-0.4, -0.2) is 20.7 Å². The Kier molecular flexibility index (Phi) is 1.40. The van der Waals surface area contributed by atoms with Crippen LogP contribution in [-0.2, 0) is 6.67 Å². The smallest absolute Gasteiger partial charge is 0.412 e. The summed E-state index contributed by atoms with van der Waals surface area (Å²) in [5.74, 6) is 0. The second kappa shape index (κ2) is 2.41. The van der Waals surface area contributed by atoms with E-state index in [2.05, 4.69) is 0 Å². The molecular formula is C8H8N2O2. The molecule has 62 valence electrons. The molecule has 12 heavy (non-hydrogen) atoms. The van der Waals surface area contributed by atoms with E-state index in [1.54, 1.807) is 12.3 Å². The van der Waals surface area contributed by atoms with Crippen LogP contribution in [0.4, 0.5) is 4.79 Å². The molecule has 1 aromatic rings. The molecule has 0 aliphatic carbocycles. The zero-order valence-electron chi connectivity index (χ0n) is 6.34. The SMILES string of the molecule is O=C(O)N1C=Cc2cccn2C1. The lowest BCUT2D eigenvalue weighted by Gasteiger charge is -2.20. The topological polar surface area (TPSA) is 45.5 Å². The predicted molar refractivity (Wildman–Crippen MR) is 43.3 cm³/mol. The van der Waals surface area contributed by atoms with E-state index in [0.717, 1.165) is 5.69 Å². The Morgan fingerprint density at radius 1 is 1.58 bits per heavy atom. The minimum atomic E-state index is -0.925. The Morgan fingerprint density at radius 2 is 2.42 bits per heavy atom. The van der Waals surface area contributed by atoms with E-state index in [1.807, 2.05) is 22.9 Å². The van der Waals surface area contributed by atoms with Gasteiger partial charge in [0.25, 0.3) is 0 Å². The minimum Gasteiger partial charge on any atom is -0.465 e. The van der Waals surface area contributed by atoms with Crippen molar-refractivity contribution in [2.75, 3.05) is 0 Å². The van der Waals surface area contributed by atoms with Gasteiger partial charge in [0.1, 0.15) is 6.67 Å². The molecule has 0 atom stereocenters. The van der Waals surface area contributed by atoms with E-state index in [1.165, 1.54) is 4.90 Å². The van der Waals surface area contributed by atoms with Crippen LogP contribution in [0.25, 0.3) is 6.08 Å². The number of rotatable bonds is 0. The van der Waals surface area contributed by atoms with Crippen LogP contribution < -0.4 is 0 Å². The van der Waals surface area contributed by atoms with Crippen molar-refractivity contribution in [2.45, 2.75) is 6.67 Å². The second-order valence-electron chi connectivity index (χ2n) is 2.61. The van der Waals surface area contributed by atoms with E-state index >= 15 is 0 Å². The average Bonchev–Trinajstić information content (AvgIpc) is 2.49. The summed E-state index contributed by atoms with van der Waals surface area (Å²) < 4.78 is 1.87. The van der Waals surface area contributed by atoms with Gasteiger partial charge in [0, 0.05) is 18.1 Å². The van der Waals surface area contributed by atoms with Gasteiger partial charge in [0.05, 0.1) is 0 Å². The molecule has 0 saturated carbocycles. The molecule has 0 fully saturated rings. The van der Waals surface area contributed by atoms with Gasteiger partial charge in [-0.05, 0) is 18.2 Å². The number of fused-ring (bicyclic) bond motifs is 1. The van der Waals surface area contributed by atoms with Crippen LogP contribution in [0.5, 0.6) is 0 Å². The zero-order chi connectivity index (χ0) is 8.55. The van der Waals surface area contributed by atoms with E-state index in [9.17, 15) is 4.79 Å². The summed E-state index contributed by atoms with van der Waals surface area (Å²) in [6.45, 7) is 0.383. The molecule has 0 bridgehead atoms. The summed E-state index contributed by atoms with van der Waals surface area (Å²) in [4.78, 5) is 11.8. The normalized spacial score (nSPS) is 14.5. The number of hydrogen-bond acceptors (Lipinski definition) is 1. The second-order valence-corrected chi connectivity index (χ2v) is 2.61. The Labute approximate surface area is 69.3 Å². The summed E-state index contributed by atoms with van der Waals surface area (Å²) in [5.41, 5.74) is 1.03. The highest BCUT2D eigenvalue weighted by Crippen LogP contribution is 2.12. The summed E-state index contributed by atoms with van der Waals surface area (Å²) in [7, 11) is 0. The van der Waals surface area contributed by atoms with Crippen molar-refractivity contribution >= 4 is 12.2 Å². The third-order valence-corrected chi connectivity index (χ3v) is 1.84. The molecular weight excluding hydrogens is 156 g/mol. The van der Waals surface area contributed by atoms with Crippen LogP contribution in [0, 0.1) is 0 Å². The number of hydrogen-bond donors (Lipinski definition) is 1. The molecule has 4 nitrogen and oxygen atoms in total. The van der Waals surface area contributed by atoms with Gasteiger partial charge in [-0.1, -0.05) is 0 Å². The van der Waals surface area contributed by atoms with Crippen LogP contribution >= 0.6 is 0 Å². The van der Waals surface area contributed by atoms with Gasteiger partial charge in [0.2, 0.25) is 0 Å².